The van der Waals surface area contributed by atoms with Crippen molar-refractivity contribution in [1.82, 2.24) is 10.3 Å². The molecule has 0 aliphatic rings. The fourth-order valence-electron chi connectivity index (χ4n) is 1.57. The summed E-state index contributed by atoms with van der Waals surface area (Å²) in [5.74, 6) is -1.31. The monoisotopic (exact) mass is 354 g/mol. The number of rotatable bonds is 4. The summed E-state index contributed by atoms with van der Waals surface area (Å²) in [6.07, 6.45) is 0. The zero-order chi connectivity index (χ0) is 14.7. The average molecular weight is 355 g/mol. The summed E-state index contributed by atoms with van der Waals surface area (Å²) in [4.78, 5) is 26.9. The average Bonchev–Trinajstić information content (AvgIpc) is 2.88. The molecule has 0 aliphatic carbocycles. The molecule has 0 spiro atoms. The number of halogens is 1. The van der Waals surface area contributed by atoms with E-state index in [9.17, 15) is 9.59 Å². The van der Waals surface area contributed by atoms with Crippen molar-refractivity contribution in [3.05, 3.63) is 50.4 Å². The largest absolute Gasteiger partial charge is 0.476 e. The number of hydrogen-bond acceptors (Lipinski definition) is 4. The highest BCUT2D eigenvalue weighted by atomic mass is 79.9. The van der Waals surface area contributed by atoms with Gasteiger partial charge in [0.2, 0.25) is 0 Å². The molecule has 0 bridgehead atoms. The number of thiazole rings is 1. The molecule has 1 aromatic heterocycles. The van der Waals surface area contributed by atoms with Gasteiger partial charge in [-0.15, -0.1) is 11.3 Å². The molecular formula is C13H11BrN2O3S. The van der Waals surface area contributed by atoms with Gasteiger partial charge in [0.15, 0.2) is 5.69 Å². The summed E-state index contributed by atoms with van der Waals surface area (Å²) in [5, 5.41) is 13.6. The molecule has 0 saturated heterocycles. The van der Waals surface area contributed by atoms with E-state index in [0.717, 1.165) is 0 Å². The minimum atomic E-state index is -1.07. The molecule has 1 atom stereocenters. The molecule has 104 valence electrons. The number of benzene rings is 1. The molecule has 1 aromatic carbocycles. The second-order valence-corrected chi connectivity index (χ2v) is 5.80. The number of carbonyl (C=O) groups excluding carboxylic acids is 1. The SMILES string of the molecule is CC(NC(=O)c1ccccc1Br)c1nc(C(=O)O)cs1. The molecule has 1 unspecified atom stereocenters. The van der Waals surface area contributed by atoms with Crippen molar-refractivity contribution in [3.63, 3.8) is 0 Å². The van der Waals surface area contributed by atoms with Gasteiger partial charge in [-0.1, -0.05) is 12.1 Å². The first-order valence-electron chi connectivity index (χ1n) is 5.73. The molecule has 20 heavy (non-hydrogen) atoms. The lowest BCUT2D eigenvalue weighted by Crippen LogP contribution is -2.26. The number of carboxylic acid groups (broad SMARTS) is 1. The lowest BCUT2D eigenvalue weighted by Gasteiger charge is -2.12. The number of carboxylic acids is 1. The van der Waals surface area contributed by atoms with Gasteiger partial charge in [0.05, 0.1) is 11.6 Å². The molecule has 0 aliphatic heterocycles. The van der Waals surface area contributed by atoms with Crippen LogP contribution >= 0.6 is 27.3 Å². The van der Waals surface area contributed by atoms with Crippen LogP contribution in [0.1, 0.15) is 38.8 Å². The molecule has 7 heteroatoms. The number of amides is 1. The Morgan fingerprint density at radius 3 is 2.70 bits per heavy atom. The third-order valence-corrected chi connectivity index (χ3v) is 4.30. The Morgan fingerprint density at radius 1 is 1.40 bits per heavy atom. The van der Waals surface area contributed by atoms with Crippen LogP contribution in [0.4, 0.5) is 0 Å². The maximum Gasteiger partial charge on any atom is 0.355 e. The smallest absolute Gasteiger partial charge is 0.355 e. The Hall–Kier alpha value is -1.73. The number of nitrogens with zero attached hydrogens (tertiary/aromatic N) is 1. The minimum absolute atomic E-state index is 0.00742. The van der Waals surface area contributed by atoms with Crippen LogP contribution in [0.15, 0.2) is 34.1 Å². The number of nitrogens with one attached hydrogen (secondary N) is 1. The number of carbonyl (C=O) groups is 2. The van der Waals surface area contributed by atoms with E-state index in [1.165, 1.54) is 16.7 Å². The Labute approximate surface area is 127 Å². The first kappa shape index (κ1) is 14.7. The van der Waals surface area contributed by atoms with Gasteiger partial charge in [-0.05, 0) is 35.0 Å². The van der Waals surface area contributed by atoms with E-state index in [-0.39, 0.29) is 17.6 Å². The Morgan fingerprint density at radius 2 is 2.10 bits per heavy atom. The van der Waals surface area contributed by atoms with Gasteiger partial charge < -0.3 is 10.4 Å². The van der Waals surface area contributed by atoms with Gasteiger partial charge in [-0.3, -0.25) is 4.79 Å². The normalized spacial score (nSPS) is 11.9. The standard InChI is InChI=1S/C13H11BrN2O3S/c1-7(12-16-10(6-20-12)13(18)19)15-11(17)8-4-2-3-5-9(8)14/h2-7H,1H3,(H,15,17)(H,18,19). The molecular weight excluding hydrogens is 344 g/mol. The summed E-state index contributed by atoms with van der Waals surface area (Å²) in [7, 11) is 0. The molecule has 0 saturated carbocycles. The molecule has 0 fully saturated rings. The molecule has 2 aromatic rings. The van der Waals surface area contributed by atoms with Gasteiger partial charge in [-0.25, -0.2) is 9.78 Å². The topological polar surface area (TPSA) is 79.3 Å². The van der Waals surface area contributed by atoms with Crippen molar-refractivity contribution in [3.8, 4) is 0 Å². The predicted molar refractivity (Wildman–Crippen MR) is 79.1 cm³/mol. The molecule has 1 amide bonds. The Bertz CT molecular complexity index is 657. The molecule has 0 radical (unpaired) electrons. The second kappa shape index (κ2) is 6.15. The number of aromatic carboxylic acids is 1. The van der Waals surface area contributed by atoms with E-state index in [1.807, 2.05) is 6.07 Å². The molecule has 5 nitrogen and oxygen atoms in total. The van der Waals surface area contributed by atoms with Gasteiger partial charge in [0, 0.05) is 9.85 Å². The zero-order valence-corrected chi connectivity index (χ0v) is 12.9. The first-order valence-corrected chi connectivity index (χ1v) is 7.40. The van der Waals surface area contributed by atoms with Gasteiger partial charge in [-0.2, -0.15) is 0 Å². The zero-order valence-electron chi connectivity index (χ0n) is 10.5. The van der Waals surface area contributed by atoms with Crippen LogP contribution < -0.4 is 5.32 Å². The van der Waals surface area contributed by atoms with Crippen LogP contribution in [0.25, 0.3) is 0 Å². The summed E-state index contributed by atoms with van der Waals surface area (Å²) in [6, 6.07) is 6.73. The predicted octanol–water partition coefficient (Wildman–Crippen LogP) is 3.09. The highest BCUT2D eigenvalue weighted by molar-refractivity contribution is 9.10. The van der Waals surface area contributed by atoms with E-state index in [2.05, 4.69) is 26.2 Å². The number of hydrogen-bond donors (Lipinski definition) is 2. The Kier molecular flexibility index (Phi) is 4.51. The molecule has 2 rings (SSSR count). The third kappa shape index (κ3) is 3.23. The van der Waals surface area contributed by atoms with Crippen LogP contribution in [0.2, 0.25) is 0 Å². The van der Waals surface area contributed by atoms with Crippen LogP contribution in [0.5, 0.6) is 0 Å². The van der Waals surface area contributed by atoms with Gasteiger partial charge in [0.25, 0.3) is 5.91 Å². The van der Waals surface area contributed by atoms with Gasteiger partial charge >= 0.3 is 5.97 Å². The van der Waals surface area contributed by atoms with Crippen molar-refractivity contribution >= 4 is 39.1 Å². The fourth-order valence-corrected chi connectivity index (χ4v) is 2.83. The van der Waals surface area contributed by atoms with E-state index in [4.69, 9.17) is 5.11 Å². The highest BCUT2D eigenvalue weighted by Crippen LogP contribution is 2.20. The van der Waals surface area contributed by atoms with E-state index < -0.39 is 5.97 Å². The van der Waals surface area contributed by atoms with Crippen molar-refractivity contribution in [1.29, 1.82) is 0 Å². The van der Waals surface area contributed by atoms with Crippen LogP contribution in [0.3, 0.4) is 0 Å². The Balaban J connectivity index is 2.11. The summed E-state index contributed by atoms with van der Waals surface area (Å²) in [6.45, 7) is 1.76. The maximum absolute atomic E-state index is 12.1. The quantitative estimate of drug-likeness (QED) is 0.883. The molecule has 2 N–H and O–H groups in total. The van der Waals surface area contributed by atoms with Crippen molar-refractivity contribution < 1.29 is 14.7 Å². The maximum atomic E-state index is 12.1. The van der Waals surface area contributed by atoms with Gasteiger partial charge in [0.1, 0.15) is 5.01 Å². The van der Waals surface area contributed by atoms with Crippen LogP contribution in [-0.4, -0.2) is 22.0 Å². The van der Waals surface area contributed by atoms with Crippen molar-refractivity contribution in [2.45, 2.75) is 13.0 Å². The van der Waals surface area contributed by atoms with E-state index in [1.54, 1.807) is 25.1 Å². The van der Waals surface area contributed by atoms with E-state index >= 15 is 0 Å². The lowest BCUT2D eigenvalue weighted by molar-refractivity contribution is 0.0691. The van der Waals surface area contributed by atoms with Crippen LogP contribution in [-0.2, 0) is 0 Å². The van der Waals surface area contributed by atoms with E-state index in [0.29, 0.717) is 15.0 Å². The highest BCUT2D eigenvalue weighted by Gasteiger charge is 2.17. The second-order valence-electron chi connectivity index (χ2n) is 4.05. The van der Waals surface area contributed by atoms with Crippen molar-refractivity contribution in [2.24, 2.45) is 0 Å². The fraction of sp³-hybridized carbons (Fsp3) is 0.154. The van der Waals surface area contributed by atoms with Crippen LogP contribution in [0, 0.1) is 0 Å². The minimum Gasteiger partial charge on any atom is -0.476 e. The number of aromatic nitrogens is 1. The summed E-state index contributed by atoms with van der Waals surface area (Å²) < 4.78 is 0.704. The lowest BCUT2D eigenvalue weighted by atomic mass is 10.2. The first-order chi connectivity index (χ1) is 9.49. The summed E-state index contributed by atoms with van der Waals surface area (Å²) in [5.41, 5.74) is 0.515. The molecule has 1 heterocycles. The van der Waals surface area contributed by atoms with Crippen molar-refractivity contribution in [2.75, 3.05) is 0 Å². The summed E-state index contributed by atoms with van der Waals surface area (Å²) >= 11 is 4.52. The third-order valence-electron chi connectivity index (χ3n) is 2.58.